The van der Waals surface area contributed by atoms with Gasteiger partial charge in [0, 0.05) is 6.20 Å². The zero-order valence-corrected chi connectivity index (χ0v) is 7.83. The van der Waals surface area contributed by atoms with Crippen molar-refractivity contribution >= 4 is 11.6 Å². The number of hydrogen-bond donors (Lipinski definition) is 2. The third-order valence-corrected chi connectivity index (χ3v) is 2.72. The van der Waals surface area contributed by atoms with Gasteiger partial charge in [0.2, 0.25) is 0 Å². The van der Waals surface area contributed by atoms with E-state index >= 15 is 0 Å². The summed E-state index contributed by atoms with van der Waals surface area (Å²) < 4.78 is 1.73. The van der Waals surface area contributed by atoms with Crippen molar-refractivity contribution in [1.82, 2.24) is 4.57 Å². The number of hydrogen-bond acceptors (Lipinski definition) is 2. The molecular weight excluding hydrogens is 188 g/mol. The number of aromatic nitrogens is 1. The molecule has 0 aromatic carbocycles. The van der Waals surface area contributed by atoms with Crippen LogP contribution in [0.5, 0.6) is 0 Å². The SMILES string of the molecule is N=c1ccc(Cl)cn1[C@@H]1CC[C@H]1O. The second-order valence-corrected chi connectivity index (χ2v) is 3.79. The molecule has 3 nitrogen and oxygen atoms in total. The molecule has 1 saturated carbocycles. The predicted octanol–water partition coefficient (Wildman–Crippen LogP) is 1.32. The lowest BCUT2D eigenvalue weighted by Crippen LogP contribution is -2.38. The Morgan fingerprint density at radius 3 is 2.77 bits per heavy atom. The molecule has 1 aliphatic rings. The van der Waals surface area contributed by atoms with Gasteiger partial charge in [-0.1, -0.05) is 11.6 Å². The van der Waals surface area contributed by atoms with Gasteiger partial charge in [0.25, 0.3) is 0 Å². The van der Waals surface area contributed by atoms with E-state index in [1.54, 1.807) is 22.9 Å². The van der Waals surface area contributed by atoms with Crippen LogP contribution in [0.2, 0.25) is 5.02 Å². The Morgan fingerprint density at radius 2 is 2.23 bits per heavy atom. The predicted molar refractivity (Wildman–Crippen MR) is 49.6 cm³/mol. The van der Waals surface area contributed by atoms with E-state index in [9.17, 15) is 5.11 Å². The highest BCUT2D eigenvalue weighted by molar-refractivity contribution is 6.30. The van der Waals surface area contributed by atoms with Gasteiger partial charge in [-0.2, -0.15) is 0 Å². The summed E-state index contributed by atoms with van der Waals surface area (Å²) in [6.45, 7) is 0. The van der Waals surface area contributed by atoms with Gasteiger partial charge in [-0.3, -0.25) is 5.41 Å². The fourth-order valence-corrected chi connectivity index (χ4v) is 1.72. The molecule has 0 aliphatic heterocycles. The average molecular weight is 199 g/mol. The average Bonchev–Trinajstić information content (AvgIpc) is 2.09. The van der Waals surface area contributed by atoms with Crippen LogP contribution in [0.4, 0.5) is 0 Å². The molecule has 1 heterocycles. The van der Waals surface area contributed by atoms with Crippen LogP contribution in [0.3, 0.4) is 0 Å². The van der Waals surface area contributed by atoms with Crippen molar-refractivity contribution in [2.24, 2.45) is 0 Å². The van der Waals surface area contributed by atoms with Gasteiger partial charge < -0.3 is 9.67 Å². The molecule has 1 fully saturated rings. The molecule has 0 amide bonds. The smallest absolute Gasteiger partial charge is 0.125 e. The third kappa shape index (κ3) is 1.49. The van der Waals surface area contributed by atoms with Gasteiger partial charge in [-0.15, -0.1) is 0 Å². The molecule has 0 unspecified atom stereocenters. The van der Waals surface area contributed by atoms with Gasteiger partial charge >= 0.3 is 0 Å². The van der Waals surface area contributed by atoms with Gasteiger partial charge in [0.15, 0.2) is 0 Å². The fraction of sp³-hybridized carbons (Fsp3) is 0.444. The first-order valence-electron chi connectivity index (χ1n) is 4.29. The minimum absolute atomic E-state index is 0.0474. The van der Waals surface area contributed by atoms with Gasteiger partial charge in [-0.25, -0.2) is 0 Å². The molecule has 70 valence electrons. The number of pyridine rings is 1. The lowest BCUT2D eigenvalue weighted by molar-refractivity contribution is 0.0292. The van der Waals surface area contributed by atoms with E-state index in [1.807, 2.05) is 0 Å². The van der Waals surface area contributed by atoms with Crippen LogP contribution in [-0.4, -0.2) is 15.8 Å². The molecule has 13 heavy (non-hydrogen) atoms. The third-order valence-electron chi connectivity index (χ3n) is 2.50. The summed E-state index contributed by atoms with van der Waals surface area (Å²) in [5.41, 5.74) is 0.396. The van der Waals surface area contributed by atoms with E-state index in [0.29, 0.717) is 10.5 Å². The molecule has 0 saturated heterocycles. The topological polar surface area (TPSA) is 49.0 Å². The monoisotopic (exact) mass is 198 g/mol. The van der Waals surface area contributed by atoms with E-state index in [0.717, 1.165) is 12.8 Å². The van der Waals surface area contributed by atoms with Crippen molar-refractivity contribution in [1.29, 1.82) is 5.41 Å². The number of rotatable bonds is 1. The van der Waals surface area contributed by atoms with Crippen LogP contribution >= 0.6 is 11.6 Å². The summed E-state index contributed by atoms with van der Waals surface area (Å²) in [4.78, 5) is 0. The van der Waals surface area contributed by atoms with Crippen molar-refractivity contribution in [3.63, 3.8) is 0 Å². The zero-order chi connectivity index (χ0) is 9.42. The Kier molecular flexibility index (Phi) is 2.14. The minimum Gasteiger partial charge on any atom is -0.391 e. The summed E-state index contributed by atoms with van der Waals surface area (Å²) in [5.74, 6) is 0. The second kappa shape index (κ2) is 3.16. The maximum absolute atomic E-state index is 9.43. The van der Waals surface area contributed by atoms with Gasteiger partial charge in [0.05, 0.1) is 17.2 Å². The molecule has 2 atom stereocenters. The molecule has 1 aromatic heterocycles. The standard InChI is InChI=1S/C9H11ClN2O/c10-6-1-4-9(11)12(5-6)7-2-3-8(7)13/h1,4-5,7-8,11,13H,2-3H2/t7-,8-/m1/s1. The Hall–Kier alpha value is -0.800. The molecule has 2 rings (SSSR count). The van der Waals surface area contributed by atoms with Crippen molar-refractivity contribution in [2.45, 2.75) is 25.0 Å². The summed E-state index contributed by atoms with van der Waals surface area (Å²) in [6, 6.07) is 3.38. The number of halogens is 1. The van der Waals surface area contributed by atoms with Crippen LogP contribution in [0, 0.1) is 5.41 Å². The van der Waals surface area contributed by atoms with Crippen LogP contribution in [-0.2, 0) is 0 Å². The Labute approximate surface area is 81.1 Å². The maximum atomic E-state index is 9.43. The largest absolute Gasteiger partial charge is 0.391 e. The Balaban J connectivity index is 2.39. The first-order chi connectivity index (χ1) is 6.18. The van der Waals surface area contributed by atoms with E-state index < -0.39 is 0 Å². The molecular formula is C9H11ClN2O. The molecule has 1 aromatic rings. The molecule has 2 N–H and O–H groups in total. The van der Waals surface area contributed by atoms with E-state index in [1.165, 1.54) is 0 Å². The second-order valence-electron chi connectivity index (χ2n) is 3.35. The molecule has 4 heteroatoms. The number of aliphatic hydroxyl groups excluding tert-OH is 1. The van der Waals surface area contributed by atoms with Crippen LogP contribution in [0.25, 0.3) is 0 Å². The zero-order valence-electron chi connectivity index (χ0n) is 7.07. The Bertz CT molecular complexity index is 374. The molecule has 1 aliphatic carbocycles. The van der Waals surface area contributed by atoms with E-state index in [-0.39, 0.29) is 12.1 Å². The maximum Gasteiger partial charge on any atom is 0.125 e. The quantitative estimate of drug-likeness (QED) is 0.703. The molecule has 0 radical (unpaired) electrons. The lowest BCUT2D eigenvalue weighted by Gasteiger charge is -2.34. The number of nitrogens with zero attached hydrogens (tertiary/aromatic N) is 1. The van der Waals surface area contributed by atoms with Crippen LogP contribution in [0.1, 0.15) is 18.9 Å². The highest BCUT2D eigenvalue weighted by Crippen LogP contribution is 2.31. The highest BCUT2D eigenvalue weighted by Gasteiger charge is 2.30. The van der Waals surface area contributed by atoms with Gasteiger partial charge in [-0.05, 0) is 25.0 Å². The van der Waals surface area contributed by atoms with Crippen molar-refractivity contribution in [3.8, 4) is 0 Å². The highest BCUT2D eigenvalue weighted by atomic mass is 35.5. The molecule has 0 bridgehead atoms. The van der Waals surface area contributed by atoms with E-state index in [2.05, 4.69) is 0 Å². The summed E-state index contributed by atoms with van der Waals surface area (Å²) in [5, 5.41) is 17.7. The van der Waals surface area contributed by atoms with Crippen molar-refractivity contribution < 1.29 is 5.11 Å². The van der Waals surface area contributed by atoms with Crippen LogP contribution in [0.15, 0.2) is 18.3 Å². The molecule has 0 spiro atoms. The number of nitrogens with one attached hydrogen (secondary N) is 1. The first kappa shape index (κ1) is 8.78. The van der Waals surface area contributed by atoms with Crippen molar-refractivity contribution in [2.75, 3.05) is 0 Å². The summed E-state index contributed by atoms with van der Waals surface area (Å²) in [6.07, 6.45) is 3.14. The van der Waals surface area contributed by atoms with Crippen LogP contribution < -0.4 is 5.49 Å². The van der Waals surface area contributed by atoms with Crippen molar-refractivity contribution in [3.05, 3.63) is 28.8 Å². The Morgan fingerprint density at radius 1 is 1.46 bits per heavy atom. The normalized spacial score (nSPS) is 26.9. The lowest BCUT2D eigenvalue weighted by atomic mass is 9.89. The summed E-state index contributed by atoms with van der Waals surface area (Å²) in [7, 11) is 0. The first-order valence-corrected chi connectivity index (χ1v) is 4.66. The van der Waals surface area contributed by atoms with E-state index in [4.69, 9.17) is 17.0 Å². The number of aliphatic hydroxyl groups is 1. The summed E-state index contributed by atoms with van der Waals surface area (Å²) >= 11 is 5.80. The van der Waals surface area contributed by atoms with Gasteiger partial charge in [0.1, 0.15) is 5.49 Å². The minimum atomic E-state index is -0.312. The fourth-order valence-electron chi connectivity index (χ4n) is 1.55.